The number of piperidine rings is 1. The summed E-state index contributed by atoms with van der Waals surface area (Å²) in [6.07, 6.45) is 5.43. The number of nitrogens with one attached hydrogen (secondary N) is 2. The van der Waals surface area contributed by atoms with E-state index in [0.29, 0.717) is 0 Å². The van der Waals surface area contributed by atoms with E-state index in [2.05, 4.69) is 24.5 Å². The molecule has 1 aromatic rings. The molecule has 6 heteroatoms. The summed E-state index contributed by atoms with van der Waals surface area (Å²) < 4.78 is 0. The second-order valence-corrected chi connectivity index (χ2v) is 7.32. The van der Waals surface area contributed by atoms with Gasteiger partial charge in [-0.25, -0.2) is 4.79 Å². The van der Waals surface area contributed by atoms with Gasteiger partial charge in [0.15, 0.2) is 0 Å². The number of likely N-dealkylation sites (tertiary alicyclic amines) is 1. The van der Waals surface area contributed by atoms with Gasteiger partial charge in [-0.15, -0.1) is 11.8 Å². The average molecular weight is 364 g/mol. The van der Waals surface area contributed by atoms with E-state index in [-0.39, 0.29) is 23.9 Å². The van der Waals surface area contributed by atoms with Crippen molar-refractivity contribution in [2.45, 2.75) is 50.5 Å². The Morgan fingerprint density at radius 2 is 1.76 bits per heavy atom. The van der Waals surface area contributed by atoms with Gasteiger partial charge >= 0.3 is 6.03 Å². The van der Waals surface area contributed by atoms with Crippen LogP contribution in [0.4, 0.5) is 10.5 Å². The number of benzene rings is 1. The molecular formula is C19H29N3O2S. The van der Waals surface area contributed by atoms with Crippen LogP contribution in [0.1, 0.15) is 39.5 Å². The monoisotopic (exact) mass is 363 g/mol. The lowest BCUT2D eigenvalue weighted by Gasteiger charge is -2.34. The third-order valence-corrected chi connectivity index (χ3v) is 5.57. The van der Waals surface area contributed by atoms with Gasteiger partial charge in [-0.2, -0.15) is 0 Å². The van der Waals surface area contributed by atoms with E-state index < -0.39 is 0 Å². The lowest BCUT2D eigenvalue weighted by Crippen LogP contribution is -2.48. The summed E-state index contributed by atoms with van der Waals surface area (Å²) in [5.74, 6) is 0.402. The summed E-state index contributed by atoms with van der Waals surface area (Å²) in [5.41, 5.74) is 0.789. The number of rotatable bonds is 6. The van der Waals surface area contributed by atoms with Gasteiger partial charge in [0.2, 0.25) is 5.91 Å². The summed E-state index contributed by atoms with van der Waals surface area (Å²) >= 11 is 1.67. The van der Waals surface area contributed by atoms with Crippen LogP contribution in [-0.2, 0) is 4.79 Å². The molecule has 0 saturated carbocycles. The molecule has 0 radical (unpaired) electrons. The summed E-state index contributed by atoms with van der Waals surface area (Å²) in [6, 6.07) is 7.73. The minimum absolute atomic E-state index is 0.122. The minimum Gasteiger partial charge on any atom is -0.342 e. The van der Waals surface area contributed by atoms with Crippen molar-refractivity contribution in [2.75, 3.05) is 24.7 Å². The van der Waals surface area contributed by atoms with E-state index in [4.69, 9.17) is 0 Å². The molecule has 0 atom stereocenters. The van der Waals surface area contributed by atoms with Crippen LogP contribution in [0.3, 0.4) is 0 Å². The third-order valence-electron chi connectivity index (χ3n) is 4.82. The number of nitrogens with zero attached hydrogens (tertiary/aromatic N) is 1. The van der Waals surface area contributed by atoms with Crippen LogP contribution in [0, 0.1) is 5.92 Å². The van der Waals surface area contributed by atoms with E-state index in [1.165, 1.54) is 4.90 Å². The molecule has 5 nitrogen and oxygen atoms in total. The Bertz CT molecular complexity index is 565. The molecule has 1 heterocycles. The Kier molecular flexibility index (Phi) is 7.62. The number of amides is 3. The van der Waals surface area contributed by atoms with E-state index in [1.54, 1.807) is 11.8 Å². The molecule has 25 heavy (non-hydrogen) atoms. The lowest BCUT2D eigenvalue weighted by molar-refractivity contribution is -0.136. The van der Waals surface area contributed by atoms with Crippen molar-refractivity contribution in [3.63, 3.8) is 0 Å². The second kappa shape index (κ2) is 9.70. The number of anilines is 1. The van der Waals surface area contributed by atoms with Gasteiger partial charge in [-0.05, 0) is 56.2 Å². The Balaban J connectivity index is 1.77. The largest absolute Gasteiger partial charge is 0.342 e. The number of hydrogen-bond acceptors (Lipinski definition) is 3. The first-order valence-corrected chi connectivity index (χ1v) is 10.3. The van der Waals surface area contributed by atoms with Gasteiger partial charge in [-0.1, -0.05) is 13.8 Å². The Labute approximate surface area is 154 Å². The molecule has 1 saturated heterocycles. The van der Waals surface area contributed by atoms with Crippen molar-refractivity contribution in [3.05, 3.63) is 24.3 Å². The summed E-state index contributed by atoms with van der Waals surface area (Å²) in [4.78, 5) is 27.7. The van der Waals surface area contributed by atoms with Gasteiger partial charge in [0.1, 0.15) is 0 Å². The molecular weight excluding hydrogens is 334 g/mol. The Morgan fingerprint density at radius 3 is 2.28 bits per heavy atom. The number of hydrogen-bond donors (Lipinski definition) is 2. The first-order chi connectivity index (χ1) is 12.1. The van der Waals surface area contributed by atoms with Gasteiger partial charge in [0.05, 0.1) is 0 Å². The molecule has 0 aromatic heterocycles. The van der Waals surface area contributed by atoms with E-state index in [9.17, 15) is 9.59 Å². The fraction of sp³-hybridized carbons (Fsp3) is 0.579. The van der Waals surface area contributed by atoms with Crippen molar-refractivity contribution in [1.29, 1.82) is 0 Å². The van der Waals surface area contributed by atoms with Crippen LogP contribution in [0.15, 0.2) is 29.2 Å². The number of carbonyl (C=O) groups is 2. The van der Waals surface area contributed by atoms with Gasteiger partial charge in [-0.3, -0.25) is 4.79 Å². The van der Waals surface area contributed by atoms with Crippen molar-refractivity contribution < 1.29 is 9.59 Å². The standard InChI is InChI=1S/C19H29N3O2S/c1-4-14(5-2)18(23)22-12-10-16(11-13-22)21-19(24)20-15-6-8-17(25-3)9-7-15/h6-9,14,16H,4-5,10-13H2,1-3H3,(H2,20,21,24). The highest BCUT2D eigenvalue weighted by atomic mass is 32.2. The van der Waals surface area contributed by atoms with Crippen LogP contribution < -0.4 is 10.6 Å². The van der Waals surface area contributed by atoms with Crippen LogP contribution >= 0.6 is 11.8 Å². The minimum atomic E-state index is -0.179. The molecule has 0 bridgehead atoms. The maximum absolute atomic E-state index is 12.4. The molecule has 1 fully saturated rings. The SMILES string of the molecule is CCC(CC)C(=O)N1CCC(NC(=O)Nc2ccc(SC)cc2)CC1. The molecule has 2 rings (SSSR count). The van der Waals surface area contributed by atoms with Gasteiger partial charge < -0.3 is 15.5 Å². The highest BCUT2D eigenvalue weighted by Gasteiger charge is 2.27. The fourth-order valence-electron chi connectivity index (χ4n) is 3.17. The van der Waals surface area contributed by atoms with Crippen LogP contribution in [0.5, 0.6) is 0 Å². The first kappa shape index (κ1) is 19.6. The molecule has 1 aliphatic heterocycles. The summed E-state index contributed by atoms with van der Waals surface area (Å²) in [5, 5.41) is 5.89. The maximum atomic E-state index is 12.4. The zero-order valence-electron chi connectivity index (χ0n) is 15.4. The smallest absolute Gasteiger partial charge is 0.319 e. The molecule has 138 valence electrons. The van der Waals surface area contributed by atoms with Gasteiger partial charge in [0.25, 0.3) is 0 Å². The fourth-order valence-corrected chi connectivity index (χ4v) is 3.58. The molecule has 0 unspecified atom stereocenters. The highest BCUT2D eigenvalue weighted by Crippen LogP contribution is 2.19. The number of thioether (sulfide) groups is 1. The zero-order valence-corrected chi connectivity index (χ0v) is 16.2. The average Bonchev–Trinajstić information content (AvgIpc) is 2.64. The summed E-state index contributed by atoms with van der Waals surface area (Å²) in [6.45, 7) is 5.58. The van der Waals surface area contributed by atoms with Crippen LogP contribution in [0.2, 0.25) is 0 Å². The molecule has 0 spiro atoms. The van der Waals surface area contributed by atoms with Crippen LogP contribution in [0.25, 0.3) is 0 Å². The molecule has 3 amide bonds. The van der Waals surface area contributed by atoms with E-state index in [1.807, 2.05) is 35.4 Å². The normalized spacial score (nSPS) is 15.3. The van der Waals surface area contributed by atoms with Crippen molar-refractivity contribution in [1.82, 2.24) is 10.2 Å². The third kappa shape index (κ3) is 5.66. The maximum Gasteiger partial charge on any atom is 0.319 e. The van der Waals surface area contributed by atoms with Crippen molar-refractivity contribution >= 4 is 29.4 Å². The Morgan fingerprint density at radius 1 is 1.16 bits per heavy atom. The molecule has 0 aliphatic carbocycles. The predicted octanol–water partition coefficient (Wildman–Crippen LogP) is 3.96. The van der Waals surface area contributed by atoms with Crippen molar-refractivity contribution in [3.8, 4) is 0 Å². The molecule has 1 aromatic carbocycles. The Hall–Kier alpha value is -1.69. The highest BCUT2D eigenvalue weighted by molar-refractivity contribution is 7.98. The van der Waals surface area contributed by atoms with Crippen LogP contribution in [-0.4, -0.2) is 42.2 Å². The topological polar surface area (TPSA) is 61.4 Å². The number of urea groups is 1. The first-order valence-electron chi connectivity index (χ1n) is 9.07. The lowest BCUT2D eigenvalue weighted by atomic mass is 9.98. The number of carbonyl (C=O) groups excluding carboxylic acids is 2. The molecule has 2 N–H and O–H groups in total. The van der Waals surface area contributed by atoms with Crippen molar-refractivity contribution in [2.24, 2.45) is 5.92 Å². The quantitative estimate of drug-likeness (QED) is 0.752. The predicted molar refractivity (Wildman–Crippen MR) is 104 cm³/mol. The zero-order chi connectivity index (χ0) is 18.2. The molecule has 1 aliphatic rings. The van der Waals surface area contributed by atoms with E-state index >= 15 is 0 Å². The summed E-state index contributed by atoms with van der Waals surface area (Å²) in [7, 11) is 0. The van der Waals surface area contributed by atoms with E-state index in [0.717, 1.165) is 44.5 Å². The van der Waals surface area contributed by atoms with Gasteiger partial charge in [0, 0.05) is 35.6 Å². The second-order valence-electron chi connectivity index (χ2n) is 6.44.